The number of para-hydroxylation sites is 1. The number of aromatic nitrogens is 2. The molecule has 1 heterocycles. The lowest BCUT2D eigenvalue weighted by Gasteiger charge is -2.15. The Morgan fingerprint density at radius 3 is 2.20 bits per heavy atom. The van der Waals surface area contributed by atoms with Crippen LogP contribution in [0.25, 0.3) is 5.69 Å². The van der Waals surface area contributed by atoms with Crippen LogP contribution in [0.1, 0.15) is 32.0 Å². The average Bonchev–Trinajstić information content (AvgIpc) is 2.66. The van der Waals surface area contributed by atoms with E-state index in [2.05, 4.69) is 0 Å². The molecule has 1 aromatic carbocycles. The van der Waals surface area contributed by atoms with Crippen molar-refractivity contribution in [3.05, 3.63) is 51.9 Å². The van der Waals surface area contributed by atoms with E-state index in [0.29, 0.717) is 6.54 Å². The lowest BCUT2D eigenvalue weighted by molar-refractivity contribution is 0.164. The molecule has 0 radical (unpaired) electrons. The van der Waals surface area contributed by atoms with Gasteiger partial charge < -0.3 is 5.11 Å². The van der Waals surface area contributed by atoms with Gasteiger partial charge in [-0.2, -0.15) is 0 Å². The van der Waals surface area contributed by atoms with Crippen LogP contribution in [-0.2, 0) is 6.54 Å². The van der Waals surface area contributed by atoms with Gasteiger partial charge in [0.2, 0.25) is 0 Å². The van der Waals surface area contributed by atoms with Gasteiger partial charge >= 0.3 is 0 Å². The summed E-state index contributed by atoms with van der Waals surface area (Å²) in [5.74, 6) is 0. The van der Waals surface area contributed by atoms with Crippen molar-refractivity contribution in [2.24, 2.45) is 0 Å². The Morgan fingerprint density at radius 2 is 1.70 bits per heavy atom. The highest BCUT2D eigenvalue weighted by molar-refractivity contribution is 5.33. The van der Waals surface area contributed by atoms with Crippen LogP contribution in [-0.4, -0.2) is 20.6 Å². The van der Waals surface area contributed by atoms with Crippen molar-refractivity contribution in [3.8, 4) is 5.69 Å². The third-order valence-electron chi connectivity index (χ3n) is 3.12. The highest BCUT2D eigenvalue weighted by atomic mass is 16.3. The lowest BCUT2D eigenvalue weighted by atomic mass is 10.3. The molecule has 4 nitrogen and oxygen atoms in total. The van der Waals surface area contributed by atoms with Gasteiger partial charge in [-0.1, -0.05) is 32.0 Å². The topological polar surface area (TPSA) is 47.2 Å². The SMILES string of the molecule is CC.Cc1c(C)n(CC(C)O)n(-c2ccccc2)c1=O. The van der Waals surface area contributed by atoms with E-state index in [0.717, 1.165) is 16.9 Å². The van der Waals surface area contributed by atoms with Crippen molar-refractivity contribution in [2.45, 2.75) is 47.3 Å². The summed E-state index contributed by atoms with van der Waals surface area (Å²) in [7, 11) is 0. The first-order valence-corrected chi connectivity index (χ1v) is 7.05. The van der Waals surface area contributed by atoms with E-state index in [4.69, 9.17) is 0 Å². The number of rotatable bonds is 3. The van der Waals surface area contributed by atoms with E-state index in [1.165, 1.54) is 0 Å². The zero-order valence-electron chi connectivity index (χ0n) is 12.9. The maximum absolute atomic E-state index is 12.3. The molecule has 0 bridgehead atoms. The summed E-state index contributed by atoms with van der Waals surface area (Å²) in [6, 6.07) is 9.48. The Morgan fingerprint density at radius 1 is 1.15 bits per heavy atom. The second-order valence-electron chi connectivity index (χ2n) is 4.59. The number of hydrogen-bond acceptors (Lipinski definition) is 2. The molecule has 2 rings (SSSR count). The van der Waals surface area contributed by atoms with Crippen LogP contribution < -0.4 is 5.56 Å². The molecule has 0 saturated heterocycles. The first-order valence-electron chi connectivity index (χ1n) is 7.05. The van der Waals surface area contributed by atoms with Crippen molar-refractivity contribution in [1.29, 1.82) is 0 Å². The minimum atomic E-state index is -0.495. The molecular weight excluding hydrogens is 252 g/mol. The molecular formula is C16H24N2O2. The molecule has 0 aliphatic rings. The second kappa shape index (κ2) is 7.10. The zero-order valence-corrected chi connectivity index (χ0v) is 12.9. The van der Waals surface area contributed by atoms with Crippen LogP contribution >= 0.6 is 0 Å². The highest BCUT2D eigenvalue weighted by Crippen LogP contribution is 2.11. The van der Waals surface area contributed by atoms with Crippen LogP contribution in [0.5, 0.6) is 0 Å². The summed E-state index contributed by atoms with van der Waals surface area (Å²) >= 11 is 0. The van der Waals surface area contributed by atoms with Crippen molar-refractivity contribution < 1.29 is 5.11 Å². The van der Waals surface area contributed by atoms with Gasteiger partial charge in [0.15, 0.2) is 0 Å². The molecule has 110 valence electrons. The molecule has 0 aliphatic heterocycles. The number of nitrogens with zero attached hydrogens (tertiary/aromatic N) is 2. The van der Waals surface area contributed by atoms with Gasteiger partial charge in [-0.3, -0.25) is 9.48 Å². The minimum Gasteiger partial charge on any atom is -0.391 e. The van der Waals surface area contributed by atoms with E-state index in [1.54, 1.807) is 11.6 Å². The van der Waals surface area contributed by atoms with E-state index < -0.39 is 6.10 Å². The van der Waals surface area contributed by atoms with Gasteiger partial charge in [0, 0.05) is 11.3 Å². The molecule has 2 aromatic rings. The van der Waals surface area contributed by atoms with Gasteiger partial charge in [0.05, 0.1) is 18.3 Å². The Bertz CT molecular complexity index is 595. The largest absolute Gasteiger partial charge is 0.391 e. The van der Waals surface area contributed by atoms with Gasteiger partial charge in [-0.05, 0) is 32.9 Å². The normalized spacial score (nSPS) is 11.7. The number of benzene rings is 1. The summed E-state index contributed by atoms with van der Waals surface area (Å²) in [6.07, 6.45) is -0.495. The van der Waals surface area contributed by atoms with Crippen LogP contribution in [0.15, 0.2) is 35.1 Å². The molecule has 0 fully saturated rings. The highest BCUT2D eigenvalue weighted by Gasteiger charge is 2.15. The molecule has 1 atom stereocenters. The second-order valence-corrected chi connectivity index (χ2v) is 4.59. The zero-order chi connectivity index (χ0) is 15.3. The fourth-order valence-electron chi connectivity index (χ4n) is 2.06. The third kappa shape index (κ3) is 3.20. The number of aliphatic hydroxyl groups excluding tert-OH is 1. The molecule has 1 aromatic heterocycles. The van der Waals surface area contributed by atoms with Crippen LogP contribution in [0, 0.1) is 13.8 Å². The first-order chi connectivity index (χ1) is 9.52. The van der Waals surface area contributed by atoms with Gasteiger partial charge in [-0.15, -0.1) is 0 Å². The fraction of sp³-hybridized carbons (Fsp3) is 0.438. The number of hydrogen-bond donors (Lipinski definition) is 1. The fourth-order valence-corrected chi connectivity index (χ4v) is 2.06. The van der Waals surface area contributed by atoms with Crippen molar-refractivity contribution in [1.82, 2.24) is 9.36 Å². The van der Waals surface area contributed by atoms with Gasteiger partial charge in [0.25, 0.3) is 5.56 Å². The maximum Gasteiger partial charge on any atom is 0.274 e. The smallest absolute Gasteiger partial charge is 0.274 e. The van der Waals surface area contributed by atoms with Crippen molar-refractivity contribution in [3.63, 3.8) is 0 Å². The first kappa shape index (κ1) is 16.2. The number of aliphatic hydroxyl groups is 1. The summed E-state index contributed by atoms with van der Waals surface area (Å²) in [5, 5.41) is 9.57. The molecule has 20 heavy (non-hydrogen) atoms. The van der Waals surface area contributed by atoms with E-state index in [-0.39, 0.29) is 5.56 Å². The molecule has 0 aliphatic carbocycles. The summed E-state index contributed by atoms with van der Waals surface area (Å²) in [6.45, 7) is 9.84. The Hall–Kier alpha value is -1.81. The molecule has 1 N–H and O–H groups in total. The van der Waals surface area contributed by atoms with E-state index in [1.807, 2.05) is 62.7 Å². The van der Waals surface area contributed by atoms with Crippen LogP contribution in [0.4, 0.5) is 0 Å². The monoisotopic (exact) mass is 276 g/mol. The minimum absolute atomic E-state index is 0.0284. The van der Waals surface area contributed by atoms with Gasteiger partial charge in [0.1, 0.15) is 0 Å². The summed E-state index contributed by atoms with van der Waals surface area (Å²) in [4.78, 5) is 12.3. The predicted molar refractivity (Wildman–Crippen MR) is 82.5 cm³/mol. The Kier molecular flexibility index (Phi) is 5.77. The maximum atomic E-state index is 12.3. The molecule has 1 unspecified atom stereocenters. The molecule has 0 amide bonds. The Labute approximate surface area is 120 Å². The lowest BCUT2D eigenvalue weighted by Crippen LogP contribution is -2.25. The van der Waals surface area contributed by atoms with Crippen molar-refractivity contribution >= 4 is 0 Å². The van der Waals surface area contributed by atoms with E-state index >= 15 is 0 Å². The molecule has 4 heteroatoms. The summed E-state index contributed by atoms with van der Waals surface area (Å²) < 4.78 is 3.45. The van der Waals surface area contributed by atoms with Crippen LogP contribution in [0.2, 0.25) is 0 Å². The van der Waals surface area contributed by atoms with E-state index in [9.17, 15) is 9.90 Å². The van der Waals surface area contributed by atoms with Crippen molar-refractivity contribution in [2.75, 3.05) is 0 Å². The summed E-state index contributed by atoms with van der Waals surface area (Å²) in [5.41, 5.74) is 2.41. The van der Waals surface area contributed by atoms with Gasteiger partial charge in [-0.25, -0.2) is 4.68 Å². The standard InChI is InChI=1S/C14H18N2O2.C2H6/c1-10(17)9-15-12(3)11(2)14(18)16(15)13-7-5-4-6-8-13;1-2/h4-8,10,17H,9H2,1-3H3;1-2H3. The predicted octanol–water partition coefficient (Wildman–Crippen LogP) is 2.66. The quantitative estimate of drug-likeness (QED) is 0.937. The molecule has 0 spiro atoms. The third-order valence-corrected chi connectivity index (χ3v) is 3.12. The average molecular weight is 276 g/mol. The molecule has 0 saturated carbocycles. The Balaban J connectivity index is 0.000000956. The van der Waals surface area contributed by atoms with Crippen LogP contribution in [0.3, 0.4) is 0 Å².